The molecule has 0 fully saturated rings. The molecule has 21 heavy (non-hydrogen) atoms. The summed E-state index contributed by atoms with van der Waals surface area (Å²) in [4.78, 5) is 5.85. The molecule has 0 aliphatic carbocycles. The van der Waals surface area contributed by atoms with Crippen LogP contribution in [0.4, 0.5) is 0 Å². The van der Waals surface area contributed by atoms with Crippen molar-refractivity contribution in [2.45, 2.75) is 26.2 Å². The molecule has 0 bridgehead atoms. The summed E-state index contributed by atoms with van der Waals surface area (Å²) in [7, 11) is 4.28. The van der Waals surface area contributed by atoms with Crippen LogP contribution in [0.25, 0.3) is 21.8 Å². The largest absolute Gasteiger partial charge is 0.354 e. The fourth-order valence-electron chi connectivity index (χ4n) is 3.11. The Hall–Kier alpha value is -1.80. The van der Waals surface area contributed by atoms with Crippen LogP contribution in [0.3, 0.4) is 0 Å². The quantitative estimate of drug-likeness (QED) is 0.735. The van der Waals surface area contributed by atoms with Gasteiger partial charge in [-0.25, -0.2) is 0 Å². The van der Waals surface area contributed by atoms with Gasteiger partial charge in [-0.15, -0.1) is 0 Å². The first kappa shape index (κ1) is 14.2. The van der Waals surface area contributed by atoms with Gasteiger partial charge in [0.2, 0.25) is 0 Å². The number of benzene rings is 2. The Bertz CT molecular complexity index is 753. The number of aromatic amines is 1. The van der Waals surface area contributed by atoms with Crippen LogP contribution in [0, 0.1) is 0 Å². The topological polar surface area (TPSA) is 19.0 Å². The molecular formula is C19H24N2. The lowest BCUT2D eigenvalue weighted by Crippen LogP contribution is -2.13. The molecule has 1 heterocycles. The Kier molecular flexibility index (Phi) is 3.98. The first-order chi connectivity index (χ1) is 10.2. The van der Waals surface area contributed by atoms with E-state index in [9.17, 15) is 0 Å². The van der Waals surface area contributed by atoms with Crippen LogP contribution >= 0.6 is 0 Å². The highest BCUT2D eigenvalue weighted by molar-refractivity contribution is 6.08. The van der Waals surface area contributed by atoms with Gasteiger partial charge in [0.15, 0.2) is 0 Å². The van der Waals surface area contributed by atoms with Crippen molar-refractivity contribution < 1.29 is 0 Å². The fourth-order valence-corrected chi connectivity index (χ4v) is 3.11. The second-order valence-electron chi connectivity index (χ2n) is 6.11. The lowest BCUT2D eigenvalue weighted by Gasteiger charge is -2.10. The molecule has 2 nitrogen and oxygen atoms in total. The average molecular weight is 280 g/mol. The number of fused-ring (bicyclic) bond motifs is 3. The van der Waals surface area contributed by atoms with Crippen molar-refractivity contribution in [1.29, 1.82) is 0 Å². The highest BCUT2D eigenvalue weighted by atomic mass is 15.0. The number of hydrogen-bond donors (Lipinski definition) is 1. The van der Waals surface area contributed by atoms with Crippen LogP contribution in [-0.4, -0.2) is 30.5 Å². The van der Waals surface area contributed by atoms with E-state index in [1.54, 1.807) is 0 Å². The molecule has 0 atom stereocenters. The van der Waals surface area contributed by atoms with Crippen molar-refractivity contribution in [3.05, 3.63) is 47.5 Å². The van der Waals surface area contributed by atoms with Crippen molar-refractivity contribution in [3.8, 4) is 0 Å². The predicted molar refractivity (Wildman–Crippen MR) is 92.1 cm³/mol. The highest BCUT2D eigenvalue weighted by Crippen LogP contribution is 2.29. The SMILES string of the molecule is CCc1cc(CCCN(C)C)cc2c1[nH]c1ccccc12. The summed E-state index contributed by atoms with van der Waals surface area (Å²) >= 11 is 0. The Labute approximate surface area is 126 Å². The number of hydrogen-bond acceptors (Lipinski definition) is 1. The Balaban J connectivity index is 2.04. The molecule has 0 spiro atoms. The third-order valence-corrected chi connectivity index (χ3v) is 4.21. The van der Waals surface area contributed by atoms with Crippen LogP contribution in [0.1, 0.15) is 24.5 Å². The van der Waals surface area contributed by atoms with Gasteiger partial charge in [0.25, 0.3) is 0 Å². The van der Waals surface area contributed by atoms with E-state index in [0.717, 1.165) is 19.4 Å². The lowest BCUT2D eigenvalue weighted by atomic mass is 10.00. The molecule has 0 aliphatic rings. The first-order valence-corrected chi connectivity index (χ1v) is 7.86. The Morgan fingerprint density at radius 3 is 2.62 bits per heavy atom. The zero-order valence-corrected chi connectivity index (χ0v) is 13.2. The van der Waals surface area contributed by atoms with Gasteiger partial charge in [-0.05, 0) is 63.2 Å². The van der Waals surface area contributed by atoms with Crippen LogP contribution in [-0.2, 0) is 12.8 Å². The van der Waals surface area contributed by atoms with Gasteiger partial charge in [-0.3, -0.25) is 0 Å². The molecule has 1 N–H and O–H groups in total. The third kappa shape index (κ3) is 2.81. The van der Waals surface area contributed by atoms with E-state index in [0.29, 0.717) is 0 Å². The number of H-pyrrole nitrogens is 1. The molecule has 110 valence electrons. The lowest BCUT2D eigenvalue weighted by molar-refractivity contribution is 0.400. The number of para-hydroxylation sites is 1. The fraction of sp³-hybridized carbons (Fsp3) is 0.368. The summed E-state index contributed by atoms with van der Waals surface area (Å²) in [5.74, 6) is 0. The third-order valence-electron chi connectivity index (χ3n) is 4.21. The van der Waals surface area contributed by atoms with E-state index >= 15 is 0 Å². The molecule has 0 unspecified atom stereocenters. The minimum absolute atomic E-state index is 1.07. The first-order valence-electron chi connectivity index (χ1n) is 7.86. The van der Waals surface area contributed by atoms with Gasteiger partial charge >= 0.3 is 0 Å². The zero-order valence-electron chi connectivity index (χ0n) is 13.2. The van der Waals surface area contributed by atoms with E-state index < -0.39 is 0 Å². The Morgan fingerprint density at radius 1 is 1.05 bits per heavy atom. The van der Waals surface area contributed by atoms with Crippen LogP contribution in [0.5, 0.6) is 0 Å². The maximum atomic E-state index is 3.59. The summed E-state index contributed by atoms with van der Waals surface area (Å²) in [5, 5.41) is 2.72. The van der Waals surface area contributed by atoms with Crippen LogP contribution < -0.4 is 0 Å². The molecule has 0 saturated heterocycles. The molecule has 2 heteroatoms. The van der Waals surface area contributed by atoms with Gasteiger partial charge in [-0.2, -0.15) is 0 Å². The number of nitrogens with one attached hydrogen (secondary N) is 1. The van der Waals surface area contributed by atoms with Crippen LogP contribution in [0.2, 0.25) is 0 Å². The number of nitrogens with zero attached hydrogens (tertiary/aromatic N) is 1. The van der Waals surface area contributed by atoms with E-state index in [1.807, 2.05) is 0 Å². The molecule has 2 aromatic carbocycles. The zero-order chi connectivity index (χ0) is 14.8. The smallest absolute Gasteiger partial charge is 0.0497 e. The normalized spacial score (nSPS) is 11.8. The second-order valence-corrected chi connectivity index (χ2v) is 6.11. The van der Waals surface area contributed by atoms with Gasteiger partial charge in [0, 0.05) is 21.8 Å². The highest BCUT2D eigenvalue weighted by Gasteiger charge is 2.09. The van der Waals surface area contributed by atoms with E-state index in [-0.39, 0.29) is 0 Å². The van der Waals surface area contributed by atoms with E-state index in [4.69, 9.17) is 0 Å². The predicted octanol–water partition coefficient (Wildman–Crippen LogP) is 4.38. The summed E-state index contributed by atoms with van der Waals surface area (Å²) in [6.07, 6.45) is 3.44. The van der Waals surface area contributed by atoms with Gasteiger partial charge in [0.05, 0.1) is 0 Å². The van der Waals surface area contributed by atoms with E-state index in [1.165, 1.54) is 39.4 Å². The van der Waals surface area contributed by atoms with Gasteiger partial charge < -0.3 is 9.88 Å². The summed E-state index contributed by atoms with van der Waals surface area (Å²) in [6, 6.07) is 13.4. The van der Waals surface area contributed by atoms with Crippen molar-refractivity contribution in [3.63, 3.8) is 0 Å². The summed E-state index contributed by atoms with van der Waals surface area (Å²) in [5.41, 5.74) is 5.46. The molecule has 3 aromatic rings. The van der Waals surface area contributed by atoms with Crippen molar-refractivity contribution in [1.82, 2.24) is 9.88 Å². The summed E-state index contributed by atoms with van der Waals surface area (Å²) < 4.78 is 0. The second kappa shape index (κ2) is 5.90. The minimum Gasteiger partial charge on any atom is -0.354 e. The number of aromatic nitrogens is 1. The average Bonchev–Trinajstić information content (AvgIpc) is 2.85. The molecule has 0 aliphatic heterocycles. The molecule has 0 radical (unpaired) electrons. The van der Waals surface area contributed by atoms with Gasteiger partial charge in [0.1, 0.15) is 0 Å². The van der Waals surface area contributed by atoms with Gasteiger partial charge in [-0.1, -0.05) is 31.2 Å². The molecule has 0 saturated carbocycles. The van der Waals surface area contributed by atoms with Crippen LogP contribution in [0.15, 0.2) is 36.4 Å². The molecule has 0 amide bonds. The van der Waals surface area contributed by atoms with Crippen molar-refractivity contribution in [2.75, 3.05) is 20.6 Å². The van der Waals surface area contributed by atoms with Crippen molar-refractivity contribution in [2.24, 2.45) is 0 Å². The standard InChI is InChI=1S/C19H24N2/c1-4-15-12-14(8-7-11-21(2)3)13-17-16-9-5-6-10-18(16)20-19(15)17/h5-6,9-10,12-13,20H,4,7-8,11H2,1-3H3. The molecular weight excluding hydrogens is 256 g/mol. The number of aryl methyl sites for hydroxylation is 2. The molecule has 3 rings (SSSR count). The van der Waals surface area contributed by atoms with Crippen molar-refractivity contribution >= 4 is 21.8 Å². The monoisotopic (exact) mass is 280 g/mol. The Morgan fingerprint density at radius 2 is 1.86 bits per heavy atom. The molecule has 1 aromatic heterocycles. The maximum absolute atomic E-state index is 3.59. The maximum Gasteiger partial charge on any atom is 0.0497 e. The summed E-state index contributed by atoms with van der Waals surface area (Å²) in [6.45, 7) is 3.39. The van der Waals surface area contributed by atoms with E-state index in [2.05, 4.69) is 67.3 Å². The number of rotatable bonds is 5. The minimum atomic E-state index is 1.07.